The number of methoxy groups -OCH3 is 1. The van der Waals surface area contributed by atoms with Gasteiger partial charge in [-0.25, -0.2) is 0 Å². The quantitative estimate of drug-likeness (QED) is 0.541. The summed E-state index contributed by atoms with van der Waals surface area (Å²) < 4.78 is 10.3. The number of rotatable bonds is 11. The van der Waals surface area contributed by atoms with Crippen LogP contribution in [0.1, 0.15) is 33.6 Å². The topological polar surface area (TPSA) is 42.5 Å². The average molecular weight is 246 g/mol. The van der Waals surface area contributed by atoms with Crippen LogP contribution in [-0.2, 0) is 9.47 Å². The molecule has 0 radical (unpaired) electrons. The van der Waals surface area contributed by atoms with Crippen molar-refractivity contribution in [3.05, 3.63) is 0 Å². The fraction of sp³-hybridized carbons (Fsp3) is 1.00. The molecule has 0 amide bonds. The molecule has 0 aromatic carbocycles. The maximum atomic E-state index is 5.38. The van der Waals surface area contributed by atoms with Crippen LogP contribution in [-0.4, -0.2) is 52.1 Å². The van der Waals surface area contributed by atoms with E-state index < -0.39 is 0 Å². The van der Waals surface area contributed by atoms with Crippen LogP contribution in [0.5, 0.6) is 0 Å². The Kier molecular flexibility index (Phi) is 10.9. The minimum Gasteiger partial charge on any atom is -0.382 e. The van der Waals surface area contributed by atoms with Crippen molar-refractivity contribution >= 4 is 0 Å². The molecule has 0 fully saturated rings. The highest BCUT2D eigenvalue weighted by molar-refractivity contribution is 4.70. The Morgan fingerprint density at radius 1 is 0.882 bits per heavy atom. The normalized spacial score (nSPS) is 12.0. The molecule has 0 aliphatic rings. The van der Waals surface area contributed by atoms with Gasteiger partial charge < -0.3 is 20.1 Å². The lowest BCUT2D eigenvalue weighted by Crippen LogP contribution is -2.40. The molecule has 0 rings (SSSR count). The van der Waals surface area contributed by atoms with Crippen LogP contribution < -0.4 is 10.6 Å². The Morgan fingerprint density at radius 2 is 1.65 bits per heavy atom. The smallest absolute Gasteiger partial charge is 0.0700 e. The van der Waals surface area contributed by atoms with E-state index in [0.29, 0.717) is 13.2 Å². The van der Waals surface area contributed by atoms with Gasteiger partial charge in [0.1, 0.15) is 0 Å². The van der Waals surface area contributed by atoms with Gasteiger partial charge >= 0.3 is 0 Å². The Labute approximate surface area is 106 Å². The molecule has 0 spiro atoms. The molecule has 0 saturated carbocycles. The third-order valence-electron chi connectivity index (χ3n) is 2.28. The van der Waals surface area contributed by atoms with Gasteiger partial charge in [-0.2, -0.15) is 0 Å². The highest BCUT2D eigenvalue weighted by Gasteiger charge is 2.06. The van der Waals surface area contributed by atoms with Crippen LogP contribution in [0.4, 0.5) is 0 Å². The van der Waals surface area contributed by atoms with Crippen molar-refractivity contribution in [1.82, 2.24) is 10.6 Å². The first-order valence-corrected chi connectivity index (χ1v) is 6.58. The van der Waals surface area contributed by atoms with Crippen LogP contribution >= 0.6 is 0 Å². The molecular formula is C13H30N2O2. The van der Waals surface area contributed by atoms with Crippen molar-refractivity contribution in [3.63, 3.8) is 0 Å². The SMILES string of the molecule is COCCOCCCCNCCNC(C)(C)C. The molecule has 0 atom stereocenters. The van der Waals surface area contributed by atoms with Gasteiger partial charge in [-0.15, -0.1) is 0 Å². The van der Waals surface area contributed by atoms with Crippen LogP contribution in [0.3, 0.4) is 0 Å². The zero-order valence-electron chi connectivity index (χ0n) is 12.0. The largest absolute Gasteiger partial charge is 0.382 e. The van der Waals surface area contributed by atoms with E-state index in [1.54, 1.807) is 7.11 Å². The molecule has 104 valence electrons. The Balaban J connectivity index is 2.99. The molecule has 0 aliphatic carbocycles. The van der Waals surface area contributed by atoms with E-state index in [2.05, 4.69) is 31.4 Å². The third-order valence-corrected chi connectivity index (χ3v) is 2.28. The van der Waals surface area contributed by atoms with Crippen LogP contribution in [0.2, 0.25) is 0 Å². The summed E-state index contributed by atoms with van der Waals surface area (Å²) in [6.07, 6.45) is 2.28. The molecule has 0 heterocycles. The van der Waals surface area contributed by atoms with Crippen molar-refractivity contribution in [1.29, 1.82) is 0 Å². The van der Waals surface area contributed by atoms with E-state index >= 15 is 0 Å². The van der Waals surface area contributed by atoms with Crippen LogP contribution in [0, 0.1) is 0 Å². The Bertz CT molecular complexity index is 158. The van der Waals surface area contributed by atoms with E-state index in [1.165, 1.54) is 6.42 Å². The molecule has 0 unspecified atom stereocenters. The van der Waals surface area contributed by atoms with Crippen molar-refractivity contribution < 1.29 is 9.47 Å². The van der Waals surface area contributed by atoms with E-state index in [1.807, 2.05) is 0 Å². The second-order valence-electron chi connectivity index (χ2n) is 5.24. The van der Waals surface area contributed by atoms with Gasteiger partial charge in [-0.3, -0.25) is 0 Å². The van der Waals surface area contributed by atoms with Gasteiger partial charge in [0.25, 0.3) is 0 Å². The lowest BCUT2D eigenvalue weighted by Gasteiger charge is -2.20. The summed E-state index contributed by atoms with van der Waals surface area (Å²) >= 11 is 0. The molecule has 2 N–H and O–H groups in total. The van der Waals surface area contributed by atoms with Gasteiger partial charge in [0, 0.05) is 32.3 Å². The van der Waals surface area contributed by atoms with E-state index in [9.17, 15) is 0 Å². The van der Waals surface area contributed by atoms with Gasteiger partial charge in [0.2, 0.25) is 0 Å². The maximum absolute atomic E-state index is 5.38. The van der Waals surface area contributed by atoms with Crippen LogP contribution in [0.25, 0.3) is 0 Å². The lowest BCUT2D eigenvalue weighted by atomic mass is 10.1. The Morgan fingerprint density at radius 3 is 2.29 bits per heavy atom. The second kappa shape index (κ2) is 11.0. The van der Waals surface area contributed by atoms with Gasteiger partial charge in [0.15, 0.2) is 0 Å². The summed E-state index contributed by atoms with van der Waals surface area (Å²) in [5, 5.41) is 6.86. The summed E-state index contributed by atoms with van der Waals surface area (Å²) in [5.41, 5.74) is 0.219. The molecule has 0 bridgehead atoms. The average Bonchev–Trinajstić information content (AvgIpc) is 2.24. The van der Waals surface area contributed by atoms with Gasteiger partial charge in [-0.05, 0) is 40.2 Å². The molecular weight excluding hydrogens is 216 g/mol. The van der Waals surface area contributed by atoms with Crippen molar-refractivity contribution in [2.24, 2.45) is 0 Å². The fourth-order valence-corrected chi connectivity index (χ4v) is 1.35. The fourth-order valence-electron chi connectivity index (χ4n) is 1.35. The summed E-state index contributed by atoms with van der Waals surface area (Å²) in [6, 6.07) is 0. The predicted molar refractivity (Wildman–Crippen MR) is 72.6 cm³/mol. The predicted octanol–water partition coefficient (Wildman–Crippen LogP) is 1.41. The lowest BCUT2D eigenvalue weighted by molar-refractivity contribution is 0.0688. The Hall–Kier alpha value is -0.160. The number of ether oxygens (including phenoxy) is 2. The minimum atomic E-state index is 0.219. The molecule has 17 heavy (non-hydrogen) atoms. The highest BCUT2D eigenvalue weighted by Crippen LogP contribution is 1.96. The molecule has 0 saturated heterocycles. The molecule has 0 aromatic rings. The standard InChI is InChI=1S/C13H30N2O2/c1-13(2,3)15-9-8-14-7-5-6-10-17-12-11-16-4/h14-15H,5-12H2,1-4H3. The monoisotopic (exact) mass is 246 g/mol. The molecule has 0 aromatic heterocycles. The first-order valence-electron chi connectivity index (χ1n) is 6.58. The maximum Gasteiger partial charge on any atom is 0.0700 e. The summed E-state index contributed by atoms with van der Waals surface area (Å²) in [6.45, 7) is 11.9. The van der Waals surface area contributed by atoms with Gasteiger partial charge in [0.05, 0.1) is 13.2 Å². The zero-order valence-corrected chi connectivity index (χ0v) is 12.0. The highest BCUT2D eigenvalue weighted by atomic mass is 16.5. The van der Waals surface area contributed by atoms with E-state index in [0.717, 1.165) is 32.7 Å². The summed E-state index contributed by atoms with van der Waals surface area (Å²) in [7, 11) is 1.69. The number of nitrogens with one attached hydrogen (secondary N) is 2. The van der Waals surface area contributed by atoms with Gasteiger partial charge in [-0.1, -0.05) is 0 Å². The summed E-state index contributed by atoms with van der Waals surface area (Å²) in [4.78, 5) is 0. The molecule has 4 heteroatoms. The number of hydrogen-bond acceptors (Lipinski definition) is 4. The van der Waals surface area contributed by atoms with E-state index in [-0.39, 0.29) is 5.54 Å². The van der Waals surface area contributed by atoms with Crippen molar-refractivity contribution in [2.75, 3.05) is 46.6 Å². The van der Waals surface area contributed by atoms with Crippen LogP contribution in [0.15, 0.2) is 0 Å². The molecule has 4 nitrogen and oxygen atoms in total. The second-order valence-corrected chi connectivity index (χ2v) is 5.24. The number of hydrogen-bond donors (Lipinski definition) is 2. The summed E-state index contributed by atoms with van der Waals surface area (Å²) in [5.74, 6) is 0. The first kappa shape index (κ1) is 16.8. The number of unbranched alkanes of at least 4 members (excludes halogenated alkanes) is 1. The third kappa shape index (κ3) is 15.8. The first-order chi connectivity index (χ1) is 8.06. The van der Waals surface area contributed by atoms with E-state index in [4.69, 9.17) is 9.47 Å². The van der Waals surface area contributed by atoms with Crippen molar-refractivity contribution in [2.45, 2.75) is 39.2 Å². The zero-order chi connectivity index (χ0) is 13.0. The van der Waals surface area contributed by atoms with Crippen molar-refractivity contribution in [3.8, 4) is 0 Å². The minimum absolute atomic E-state index is 0.219. The molecule has 0 aliphatic heterocycles.